The van der Waals surface area contributed by atoms with Gasteiger partial charge in [0, 0.05) is 16.3 Å². The Bertz CT molecular complexity index is 549. The number of rotatable bonds is 6. The average molecular weight is 310 g/mol. The van der Waals surface area contributed by atoms with E-state index in [4.69, 9.17) is 0 Å². The van der Waals surface area contributed by atoms with Crippen molar-refractivity contribution in [1.82, 2.24) is 4.98 Å². The number of anilines is 1. The Kier molecular flexibility index (Phi) is 5.14. The van der Waals surface area contributed by atoms with Gasteiger partial charge in [-0.05, 0) is 25.3 Å². The van der Waals surface area contributed by atoms with Gasteiger partial charge in [0.1, 0.15) is 0 Å². The van der Waals surface area contributed by atoms with Crippen molar-refractivity contribution in [1.29, 1.82) is 0 Å². The lowest BCUT2D eigenvalue weighted by Gasteiger charge is -2.25. The van der Waals surface area contributed by atoms with Gasteiger partial charge >= 0.3 is 5.97 Å². The van der Waals surface area contributed by atoms with Crippen LogP contribution in [0, 0.1) is 0 Å². The second kappa shape index (κ2) is 6.85. The normalized spacial score (nSPS) is 10.8. The minimum Gasteiger partial charge on any atom is -0.469 e. The summed E-state index contributed by atoms with van der Waals surface area (Å²) in [6.45, 7) is 5.14. The summed E-state index contributed by atoms with van der Waals surface area (Å²) >= 11 is 3.32. The smallest absolute Gasteiger partial charge is 0.311 e. The standard InChI is InChI=1S/C14H18N2O2S2/c1-10(2)16(8-12-5-4-6-19-12)14-15-11(9-20-14)7-13(17)18-3/h4-6,9-10H,7-8H2,1-3H3. The molecule has 0 N–H and O–H groups in total. The van der Waals surface area contributed by atoms with Crippen molar-refractivity contribution in [2.75, 3.05) is 12.0 Å². The third-order valence-corrected chi connectivity index (χ3v) is 4.66. The van der Waals surface area contributed by atoms with Crippen molar-refractivity contribution in [3.8, 4) is 0 Å². The molecule has 0 saturated carbocycles. The first-order valence-electron chi connectivity index (χ1n) is 6.40. The van der Waals surface area contributed by atoms with E-state index in [9.17, 15) is 4.79 Å². The van der Waals surface area contributed by atoms with Crippen molar-refractivity contribution in [3.05, 3.63) is 33.5 Å². The Morgan fingerprint density at radius 1 is 1.45 bits per heavy atom. The molecule has 2 aromatic rings. The number of hydrogen-bond acceptors (Lipinski definition) is 6. The molecular formula is C14H18N2O2S2. The molecule has 20 heavy (non-hydrogen) atoms. The Labute approximate surface area is 127 Å². The van der Waals surface area contributed by atoms with E-state index in [1.807, 2.05) is 5.38 Å². The zero-order chi connectivity index (χ0) is 14.5. The molecular weight excluding hydrogens is 292 g/mol. The molecule has 2 heterocycles. The maximum Gasteiger partial charge on any atom is 0.311 e. The molecule has 0 bridgehead atoms. The van der Waals surface area contributed by atoms with Crippen LogP contribution < -0.4 is 4.90 Å². The molecule has 6 heteroatoms. The monoisotopic (exact) mass is 310 g/mol. The van der Waals surface area contributed by atoms with Gasteiger partial charge in [0.05, 0.1) is 25.8 Å². The van der Waals surface area contributed by atoms with E-state index in [0.717, 1.165) is 17.4 Å². The van der Waals surface area contributed by atoms with E-state index in [-0.39, 0.29) is 12.4 Å². The van der Waals surface area contributed by atoms with Crippen LogP contribution in [0.1, 0.15) is 24.4 Å². The van der Waals surface area contributed by atoms with E-state index >= 15 is 0 Å². The highest BCUT2D eigenvalue weighted by Gasteiger charge is 2.16. The van der Waals surface area contributed by atoms with Crippen molar-refractivity contribution in [2.45, 2.75) is 32.9 Å². The van der Waals surface area contributed by atoms with Gasteiger partial charge in [-0.1, -0.05) is 6.07 Å². The number of thiazole rings is 1. The summed E-state index contributed by atoms with van der Waals surface area (Å²) in [5, 5.41) is 4.96. The number of thiophene rings is 1. The Balaban J connectivity index is 2.11. The highest BCUT2D eigenvalue weighted by molar-refractivity contribution is 7.13. The van der Waals surface area contributed by atoms with Crippen LogP contribution in [0.5, 0.6) is 0 Å². The summed E-state index contributed by atoms with van der Waals surface area (Å²) in [6.07, 6.45) is 0.234. The van der Waals surface area contributed by atoms with Crippen molar-refractivity contribution in [2.24, 2.45) is 0 Å². The summed E-state index contributed by atoms with van der Waals surface area (Å²) in [7, 11) is 1.40. The molecule has 0 spiro atoms. The molecule has 4 nitrogen and oxygen atoms in total. The largest absolute Gasteiger partial charge is 0.469 e. The molecule has 0 amide bonds. The number of aromatic nitrogens is 1. The van der Waals surface area contributed by atoms with Gasteiger partial charge in [-0.2, -0.15) is 0 Å². The lowest BCUT2D eigenvalue weighted by Crippen LogP contribution is -2.29. The second-order valence-electron chi connectivity index (χ2n) is 4.68. The van der Waals surface area contributed by atoms with Crippen LogP contribution in [0.3, 0.4) is 0 Å². The van der Waals surface area contributed by atoms with Crippen LogP contribution >= 0.6 is 22.7 Å². The van der Waals surface area contributed by atoms with E-state index in [0.29, 0.717) is 6.04 Å². The quantitative estimate of drug-likeness (QED) is 0.768. The van der Waals surface area contributed by atoms with Crippen LogP contribution in [0.2, 0.25) is 0 Å². The Hall–Kier alpha value is -1.40. The highest BCUT2D eigenvalue weighted by Crippen LogP contribution is 2.26. The van der Waals surface area contributed by atoms with Crippen molar-refractivity contribution < 1.29 is 9.53 Å². The zero-order valence-electron chi connectivity index (χ0n) is 11.8. The molecule has 0 aromatic carbocycles. The molecule has 108 valence electrons. The van der Waals surface area contributed by atoms with Crippen LogP contribution in [0.4, 0.5) is 5.13 Å². The molecule has 0 aliphatic carbocycles. The first-order chi connectivity index (χ1) is 9.60. The fraction of sp³-hybridized carbons (Fsp3) is 0.429. The van der Waals surface area contributed by atoms with Gasteiger partial charge < -0.3 is 9.64 Å². The molecule has 0 atom stereocenters. The molecule has 0 aliphatic rings. The first-order valence-corrected chi connectivity index (χ1v) is 8.16. The molecule has 2 aromatic heterocycles. The van der Waals surface area contributed by atoms with Gasteiger partial charge in [-0.25, -0.2) is 4.98 Å². The summed E-state index contributed by atoms with van der Waals surface area (Å²) in [4.78, 5) is 19.4. The van der Waals surface area contributed by atoms with Crippen molar-refractivity contribution in [3.63, 3.8) is 0 Å². The summed E-state index contributed by atoms with van der Waals surface area (Å²) in [5.41, 5.74) is 0.772. The van der Waals surface area contributed by atoms with Crippen LogP contribution in [0.25, 0.3) is 0 Å². The molecule has 0 fully saturated rings. The predicted molar refractivity (Wildman–Crippen MR) is 83.5 cm³/mol. The molecule has 0 aliphatic heterocycles. The number of nitrogens with zero attached hydrogens (tertiary/aromatic N) is 2. The summed E-state index contributed by atoms with van der Waals surface area (Å²) in [6, 6.07) is 4.54. The van der Waals surface area contributed by atoms with Crippen LogP contribution in [-0.2, 0) is 22.5 Å². The minimum absolute atomic E-state index is 0.234. The van der Waals surface area contributed by atoms with E-state index in [1.54, 1.807) is 22.7 Å². The molecule has 2 rings (SSSR count). The Morgan fingerprint density at radius 2 is 2.25 bits per heavy atom. The fourth-order valence-corrected chi connectivity index (χ4v) is 3.43. The number of ether oxygens (including phenoxy) is 1. The predicted octanol–water partition coefficient (Wildman–Crippen LogP) is 3.34. The van der Waals surface area contributed by atoms with Gasteiger partial charge in [-0.15, -0.1) is 22.7 Å². The van der Waals surface area contributed by atoms with Gasteiger partial charge in [0.2, 0.25) is 0 Å². The van der Waals surface area contributed by atoms with Gasteiger partial charge in [0.25, 0.3) is 0 Å². The van der Waals surface area contributed by atoms with E-state index in [1.165, 1.54) is 12.0 Å². The van der Waals surface area contributed by atoms with E-state index < -0.39 is 0 Å². The minimum atomic E-state index is -0.254. The first kappa shape index (κ1) is 15.0. The maximum absolute atomic E-state index is 11.3. The molecule has 0 saturated heterocycles. The zero-order valence-corrected chi connectivity index (χ0v) is 13.5. The summed E-state index contributed by atoms with van der Waals surface area (Å²) < 4.78 is 4.67. The lowest BCUT2D eigenvalue weighted by atomic mass is 10.3. The number of carbonyl (C=O) groups is 1. The highest BCUT2D eigenvalue weighted by atomic mass is 32.1. The number of methoxy groups -OCH3 is 1. The Morgan fingerprint density at radius 3 is 2.85 bits per heavy atom. The van der Waals surface area contributed by atoms with E-state index in [2.05, 4.69) is 46.0 Å². The van der Waals surface area contributed by atoms with Crippen LogP contribution in [-0.4, -0.2) is 24.1 Å². The fourth-order valence-electron chi connectivity index (χ4n) is 1.77. The second-order valence-corrected chi connectivity index (χ2v) is 6.54. The number of hydrogen-bond donors (Lipinski definition) is 0. The number of esters is 1. The third-order valence-electron chi connectivity index (χ3n) is 2.87. The third kappa shape index (κ3) is 3.80. The average Bonchev–Trinajstić information content (AvgIpc) is 3.06. The maximum atomic E-state index is 11.3. The van der Waals surface area contributed by atoms with Crippen molar-refractivity contribution >= 4 is 33.8 Å². The van der Waals surface area contributed by atoms with Crippen LogP contribution in [0.15, 0.2) is 22.9 Å². The summed E-state index contributed by atoms with van der Waals surface area (Å²) in [5.74, 6) is -0.254. The number of carbonyl (C=O) groups excluding carboxylic acids is 1. The molecule has 0 unspecified atom stereocenters. The topological polar surface area (TPSA) is 42.4 Å². The van der Waals surface area contributed by atoms with Gasteiger partial charge in [0.15, 0.2) is 5.13 Å². The lowest BCUT2D eigenvalue weighted by molar-refractivity contribution is -0.139. The molecule has 0 radical (unpaired) electrons. The SMILES string of the molecule is COC(=O)Cc1csc(N(Cc2cccs2)C(C)C)n1. The van der Waals surface area contributed by atoms with Gasteiger partial charge in [-0.3, -0.25) is 4.79 Å².